The lowest BCUT2D eigenvalue weighted by Gasteiger charge is -2.55. The molecule has 3 aliphatic carbocycles. The Kier molecular flexibility index (Phi) is 3.81. The molecule has 0 amide bonds. The van der Waals surface area contributed by atoms with Crippen molar-refractivity contribution in [2.75, 3.05) is 0 Å². The zero-order chi connectivity index (χ0) is 16.3. The minimum Gasteiger partial charge on any atom is -0.299 e. The van der Waals surface area contributed by atoms with Gasteiger partial charge in [-0.15, -0.1) is 0 Å². The highest BCUT2D eigenvalue weighted by molar-refractivity contribution is 5.93. The SMILES string of the molecule is C[C@@H]1CCC[C@@]2(C)CC[C@H]3[C@H](C)C(=O)C[C@@H](C(=O)[C@H]12)C3(C)C. The molecule has 3 saturated carbocycles. The Morgan fingerprint density at radius 3 is 2.36 bits per heavy atom. The number of rotatable bonds is 0. The Morgan fingerprint density at radius 2 is 1.68 bits per heavy atom. The van der Waals surface area contributed by atoms with Crippen molar-refractivity contribution in [3.63, 3.8) is 0 Å². The number of carbonyl (C=O) groups excluding carboxylic acids is 2. The molecule has 2 bridgehead atoms. The summed E-state index contributed by atoms with van der Waals surface area (Å²) in [5, 5.41) is 0. The van der Waals surface area contributed by atoms with Gasteiger partial charge in [0.05, 0.1) is 0 Å². The maximum atomic E-state index is 13.5. The summed E-state index contributed by atoms with van der Waals surface area (Å²) in [6, 6.07) is 0. The number of hydrogen-bond donors (Lipinski definition) is 0. The van der Waals surface area contributed by atoms with Crippen molar-refractivity contribution < 1.29 is 9.59 Å². The van der Waals surface area contributed by atoms with Crippen LogP contribution in [0.25, 0.3) is 0 Å². The highest BCUT2D eigenvalue weighted by Gasteiger charge is 2.56. The van der Waals surface area contributed by atoms with E-state index >= 15 is 0 Å². The Bertz CT molecular complexity index is 492. The first-order valence-corrected chi connectivity index (χ1v) is 9.25. The van der Waals surface area contributed by atoms with Gasteiger partial charge in [-0.1, -0.05) is 41.0 Å². The lowest BCUT2D eigenvalue weighted by molar-refractivity contribution is -0.157. The van der Waals surface area contributed by atoms with Gasteiger partial charge in [-0.3, -0.25) is 9.59 Å². The topological polar surface area (TPSA) is 34.1 Å². The molecule has 0 aromatic carbocycles. The van der Waals surface area contributed by atoms with E-state index in [1.165, 1.54) is 19.3 Å². The fourth-order valence-corrected chi connectivity index (χ4v) is 6.31. The third-order valence-electron chi connectivity index (χ3n) is 7.77. The molecule has 0 spiro atoms. The summed E-state index contributed by atoms with van der Waals surface area (Å²) in [6.45, 7) is 11.2. The van der Waals surface area contributed by atoms with Gasteiger partial charge in [-0.05, 0) is 48.3 Å². The second-order valence-corrected chi connectivity index (χ2v) is 9.38. The van der Waals surface area contributed by atoms with Crippen LogP contribution in [0.5, 0.6) is 0 Å². The Labute approximate surface area is 135 Å². The smallest absolute Gasteiger partial charge is 0.140 e. The van der Waals surface area contributed by atoms with Crippen LogP contribution >= 0.6 is 0 Å². The summed E-state index contributed by atoms with van der Waals surface area (Å²) < 4.78 is 0. The second kappa shape index (κ2) is 5.18. The van der Waals surface area contributed by atoms with E-state index in [0.29, 0.717) is 29.8 Å². The van der Waals surface area contributed by atoms with Crippen LogP contribution in [0.1, 0.15) is 73.1 Å². The van der Waals surface area contributed by atoms with Crippen molar-refractivity contribution in [2.45, 2.75) is 73.1 Å². The molecule has 2 heteroatoms. The van der Waals surface area contributed by atoms with E-state index in [0.717, 1.165) is 12.8 Å². The first-order chi connectivity index (χ1) is 10.2. The molecule has 3 aliphatic rings. The predicted octanol–water partition coefficient (Wildman–Crippen LogP) is 4.66. The first kappa shape index (κ1) is 16.2. The maximum absolute atomic E-state index is 13.5. The lowest BCUT2D eigenvalue weighted by Crippen LogP contribution is -2.55. The van der Waals surface area contributed by atoms with Crippen molar-refractivity contribution >= 4 is 11.6 Å². The normalized spacial score (nSPS) is 48.3. The highest BCUT2D eigenvalue weighted by atomic mass is 16.1. The molecule has 0 aliphatic heterocycles. The molecular formula is C20H32O2. The van der Waals surface area contributed by atoms with Crippen molar-refractivity contribution in [1.82, 2.24) is 0 Å². The van der Waals surface area contributed by atoms with Crippen LogP contribution in [0.3, 0.4) is 0 Å². The van der Waals surface area contributed by atoms with Crippen LogP contribution in [0.2, 0.25) is 0 Å². The van der Waals surface area contributed by atoms with E-state index in [1.54, 1.807) is 0 Å². The van der Waals surface area contributed by atoms with Gasteiger partial charge in [0.2, 0.25) is 0 Å². The average Bonchev–Trinajstić information content (AvgIpc) is 2.41. The van der Waals surface area contributed by atoms with Gasteiger partial charge in [-0.25, -0.2) is 0 Å². The highest BCUT2D eigenvalue weighted by Crippen LogP contribution is 2.58. The zero-order valence-corrected chi connectivity index (χ0v) is 14.9. The molecule has 0 N–H and O–H groups in total. The molecule has 3 rings (SSSR count). The van der Waals surface area contributed by atoms with E-state index < -0.39 is 0 Å². The summed E-state index contributed by atoms with van der Waals surface area (Å²) in [5.74, 6) is 1.85. The molecule has 2 nitrogen and oxygen atoms in total. The molecule has 0 aromatic heterocycles. The minimum absolute atomic E-state index is 0.0249. The Balaban J connectivity index is 2.05. The Morgan fingerprint density at radius 1 is 1.00 bits per heavy atom. The van der Waals surface area contributed by atoms with E-state index in [4.69, 9.17) is 0 Å². The van der Waals surface area contributed by atoms with Gasteiger partial charge < -0.3 is 0 Å². The third kappa shape index (κ3) is 2.20. The molecule has 6 atom stereocenters. The fraction of sp³-hybridized carbons (Fsp3) is 0.900. The van der Waals surface area contributed by atoms with Crippen molar-refractivity contribution in [3.05, 3.63) is 0 Å². The summed E-state index contributed by atoms with van der Waals surface area (Å²) >= 11 is 0. The molecule has 0 aromatic rings. The van der Waals surface area contributed by atoms with Gasteiger partial charge in [-0.2, -0.15) is 0 Å². The van der Waals surface area contributed by atoms with E-state index in [9.17, 15) is 9.59 Å². The van der Waals surface area contributed by atoms with Gasteiger partial charge in [0.25, 0.3) is 0 Å². The average molecular weight is 304 g/mol. The molecule has 124 valence electrons. The maximum Gasteiger partial charge on any atom is 0.140 e. The molecule has 0 heterocycles. The third-order valence-corrected chi connectivity index (χ3v) is 7.77. The summed E-state index contributed by atoms with van der Waals surface area (Å²) in [6.07, 6.45) is 6.34. The van der Waals surface area contributed by atoms with E-state index in [1.807, 2.05) is 0 Å². The number of fused-ring (bicyclic) bond motifs is 3. The molecule has 0 radical (unpaired) electrons. The zero-order valence-electron chi connectivity index (χ0n) is 14.9. The number of hydrogen-bond acceptors (Lipinski definition) is 2. The van der Waals surface area contributed by atoms with Gasteiger partial charge >= 0.3 is 0 Å². The monoisotopic (exact) mass is 304 g/mol. The second-order valence-electron chi connectivity index (χ2n) is 9.38. The Hall–Kier alpha value is -0.660. The largest absolute Gasteiger partial charge is 0.299 e. The van der Waals surface area contributed by atoms with Crippen LogP contribution in [-0.2, 0) is 9.59 Å². The first-order valence-electron chi connectivity index (χ1n) is 9.25. The minimum atomic E-state index is -0.0497. The summed E-state index contributed by atoms with van der Waals surface area (Å²) in [5.41, 5.74) is 0.144. The van der Waals surface area contributed by atoms with Crippen LogP contribution in [0.15, 0.2) is 0 Å². The molecule has 0 unspecified atom stereocenters. The number of Topliss-reactive ketones (excluding diaryl/α,β-unsaturated/α-hetero) is 2. The van der Waals surface area contributed by atoms with Gasteiger partial charge in [0, 0.05) is 24.2 Å². The quantitative estimate of drug-likeness (QED) is 0.652. The van der Waals surface area contributed by atoms with E-state index in [-0.39, 0.29) is 28.6 Å². The van der Waals surface area contributed by atoms with Crippen molar-refractivity contribution in [2.24, 2.45) is 40.4 Å². The fourth-order valence-electron chi connectivity index (χ4n) is 6.31. The summed E-state index contributed by atoms with van der Waals surface area (Å²) in [4.78, 5) is 25.9. The van der Waals surface area contributed by atoms with Crippen LogP contribution < -0.4 is 0 Å². The van der Waals surface area contributed by atoms with E-state index in [2.05, 4.69) is 34.6 Å². The van der Waals surface area contributed by atoms with Crippen molar-refractivity contribution in [1.29, 1.82) is 0 Å². The lowest BCUT2D eigenvalue weighted by atomic mass is 9.48. The standard InChI is InChI=1S/C20H32O2/c1-12-7-6-9-20(5)10-8-14-13(2)16(21)11-15(19(14,3)4)18(22)17(12)20/h12-15,17H,6-11H2,1-5H3/t12-,13+,14+,15+,17+,20+/m1/s1. The molecule has 22 heavy (non-hydrogen) atoms. The molecular weight excluding hydrogens is 272 g/mol. The van der Waals surface area contributed by atoms with Gasteiger partial charge in [0.15, 0.2) is 0 Å². The molecule has 3 fully saturated rings. The summed E-state index contributed by atoms with van der Waals surface area (Å²) in [7, 11) is 0. The van der Waals surface area contributed by atoms with Gasteiger partial charge in [0.1, 0.15) is 11.6 Å². The van der Waals surface area contributed by atoms with Crippen LogP contribution in [0.4, 0.5) is 0 Å². The van der Waals surface area contributed by atoms with Crippen molar-refractivity contribution in [3.8, 4) is 0 Å². The van der Waals surface area contributed by atoms with Crippen LogP contribution in [0, 0.1) is 40.4 Å². The number of ketones is 2. The van der Waals surface area contributed by atoms with Crippen LogP contribution in [-0.4, -0.2) is 11.6 Å². The molecule has 0 saturated heterocycles. The predicted molar refractivity (Wildman–Crippen MR) is 88.4 cm³/mol. The number of carbonyl (C=O) groups is 2.